The van der Waals surface area contributed by atoms with Crippen LogP contribution in [0.4, 0.5) is 4.39 Å². The lowest BCUT2D eigenvalue weighted by molar-refractivity contribution is -0.0451. The minimum Gasteiger partial charge on any atom is -0.374 e. The molecule has 2 rings (SSSR count). The maximum atomic E-state index is 13.9. The fourth-order valence-electron chi connectivity index (χ4n) is 2.85. The highest BCUT2D eigenvalue weighted by Crippen LogP contribution is 2.19. The summed E-state index contributed by atoms with van der Waals surface area (Å²) in [7, 11) is 1.92. The minimum atomic E-state index is -0.153. The number of benzene rings is 1. The second-order valence-electron chi connectivity index (χ2n) is 5.54. The standard InChI is InChI=1S/C16H24BrFN2O/c1-3-6-20-7-8-21-16(11-20)15(19-2)10-12-9-13(17)4-5-14(12)18/h4-5,9,15-16,19H,3,6-8,10-11H2,1-2H3. The Morgan fingerprint density at radius 2 is 2.33 bits per heavy atom. The highest BCUT2D eigenvalue weighted by Gasteiger charge is 2.27. The summed E-state index contributed by atoms with van der Waals surface area (Å²) in [5.41, 5.74) is 0.722. The van der Waals surface area contributed by atoms with Crippen molar-refractivity contribution >= 4 is 15.9 Å². The van der Waals surface area contributed by atoms with Crippen molar-refractivity contribution in [1.82, 2.24) is 10.2 Å². The lowest BCUT2D eigenvalue weighted by atomic mass is 9.99. The molecule has 1 aromatic carbocycles. The molecule has 3 nitrogen and oxygen atoms in total. The van der Waals surface area contributed by atoms with E-state index in [0.717, 1.165) is 42.7 Å². The first-order valence-corrected chi connectivity index (χ1v) is 8.38. The van der Waals surface area contributed by atoms with E-state index in [1.807, 2.05) is 13.1 Å². The highest BCUT2D eigenvalue weighted by molar-refractivity contribution is 9.10. The fraction of sp³-hybridized carbons (Fsp3) is 0.625. The van der Waals surface area contributed by atoms with Crippen LogP contribution in [0, 0.1) is 5.82 Å². The van der Waals surface area contributed by atoms with E-state index in [1.165, 1.54) is 6.07 Å². The predicted octanol–water partition coefficient (Wildman–Crippen LogP) is 2.83. The van der Waals surface area contributed by atoms with Crippen LogP contribution >= 0.6 is 15.9 Å². The van der Waals surface area contributed by atoms with Crippen molar-refractivity contribution in [2.45, 2.75) is 31.9 Å². The van der Waals surface area contributed by atoms with Crippen molar-refractivity contribution in [2.75, 3.05) is 33.3 Å². The molecule has 1 aromatic rings. The van der Waals surface area contributed by atoms with Crippen LogP contribution < -0.4 is 5.32 Å². The molecule has 0 saturated carbocycles. The van der Waals surface area contributed by atoms with Crippen LogP contribution in [-0.4, -0.2) is 50.3 Å². The van der Waals surface area contributed by atoms with Crippen molar-refractivity contribution in [3.05, 3.63) is 34.1 Å². The van der Waals surface area contributed by atoms with E-state index in [1.54, 1.807) is 6.07 Å². The summed E-state index contributed by atoms with van der Waals surface area (Å²) in [6, 6.07) is 5.21. The summed E-state index contributed by atoms with van der Waals surface area (Å²) < 4.78 is 20.8. The molecular formula is C16H24BrFN2O. The molecule has 21 heavy (non-hydrogen) atoms. The van der Waals surface area contributed by atoms with Crippen molar-refractivity contribution < 1.29 is 9.13 Å². The summed E-state index contributed by atoms with van der Waals surface area (Å²) in [6.07, 6.45) is 1.89. The lowest BCUT2D eigenvalue weighted by Gasteiger charge is -2.37. The Morgan fingerprint density at radius 1 is 1.52 bits per heavy atom. The van der Waals surface area contributed by atoms with Crippen molar-refractivity contribution in [3.63, 3.8) is 0 Å². The lowest BCUT2D eigenvalue weighted by Crippen LogP contribution is -2.52. The van der Waals surface area contributed by atoms with Gasteiger partial charge < -0.3 is 10.1 Å². The molecule has 0 radical (unpaired) electrons. The van der Waals surface area contributed by atoms with Gasteiger partial charge in [-0.3, -0.25) is 4.90 Å². The third kappa shape index (κ3) is 4.74. The highest BCUT2D eigenvalue weighted by atomic mass is 79.9. The van der Waals surface area contributed by atoms with Crippen molar-refractivity contribution in [2.24, 2.45) is 0 Å². The normalized spacial score (nSPS) is 21.4. The molecule has 0 aliphatic carbocycles. The van der Waals surface area contributed by atoms with E-state index in [9.17, 15) is 4.39 Å². The van der Waals surface area contributed by atoms with E-state index in [4.69, 9.17) is 4.74 Å². The average molecular weight is 359 g/mol. The van der Waals surface area contributed by atoms with Gasteiger partial charge in [-0.05, 0) is 50.2 Å². The van der Waals surface area contributed by atoms with E-state index in [-0.39, 0.29) is 18.0 Å². The van der Waals surface area contributed by atoms with Gasteiger partial charge in [-0.15, -0.1) is 0 Å². The summed E-state index contributed by atoms with van der Waals surface area (Å²) in [5.74, 6) is -0.153. The Kier molecular flexibility index (Phi) is 6.61. The first-order chi connectivity index (χ1) is 10.1. The molecule has 0 amide bonds. The topological polar surface area (TPSA) is 24.5 Å². The quantitative estimate of drug-likeness (QED) is 0.846. The van der Waals surface area contributed by atoms with Crippen molar-refractivity contribution in [3.8, 4) is 0 Å². The number of halogens is 2. The van der Waals surface area contributed by atoms with E-state index in [2.05, 4.69) is 33.1 Å². The second kappa shape index (κ2) is 8.22. The van der Waals surface area contributed by atoms with Crippen LogP contribution in [-0.2, 0) is 11.2 Å². The van der Waals surface area contributed by atoms with Crippen LogP contribution in [0.2, 0.25) is 0 Å². The number of ether oxygens (including phenoxy) is 1. The Hall–Kier alpha value is -0.490. The van der Waals surface area contributed by atoms with Gasteiger partial charge in [-0.1, -0.05) is 22.9 Å². The average Bonchev–Trinajstić information content (AvgIpc) is 2.49. The molecule has 1 saturated heterocycles. The van der Waals surface area contributed by atoms with Gasteiger partial charge in [0.25, 0.3) is 0 Å². The van der Waals surface area contributed by atoms with Gasteiger partial charge in [0.05, 0.1) is 12.7 Å². The first kappa shape index (κ1) is 16.9. The van der Waals surface area contributed by atoms with Gasteiger partial charge in [0.15, 0.2) is 0 Å². The molecule has 1 N–H and O–H groups in total. The van der Waals surface area contributed by atoms with Crippen LogP contribution in [0.1, 0.15) is 18.9 Å². The molecule has 1 heterocycles. The largest absolute Gasteiger partial charge is 0.374 e. The number of likely N-dealkylation sites (N-methyl/N-ethyl adjacent to an activating group) is 1. The van der Waals surface area contributed by atoms with E-state index in [0.29, 0.717) is 6.42 Å². The number of hydrogen-bond donors (Lipinski definition) is 1. The van der Waals surface area contributed by atoms with Gasteiger partial charge in [0.2, 0.25) is 0 Å². The molecule has 2 atom stereocenters. The van der Waals surface area contributed by atoms with Crippen molar-refractivity contribution in [1.29, 1.82) is 0 Å². The summed E-state index contributed by atoms with van der Waals surface area (Å²) in [4.78, 5) is 2.43. The fourth-order valence-corrected chi connectivity index (χ4v) is 3.26. The van der Waals surface area contributed by atoms with Crippen LogP contribution in [0.5, 0.6) is 0 Å². The SMILES string of the molecule is CCCN1CCOC(C(Cc2cc(Br)ccc2F)NC)C1. The van der Waals surface area contributed by atoms with E-state index >= 15 is 0 Å². The van der Waals surface area contributed by atoms with Crippen LogP contribution in [0.3, 0.4) is 0 Å². The number of rotatable bonds is 6. The molecule has 1 fully saturated rings. The second-order valence-corrected chi connectivity index (χ2v) is 6.46. The van der Waals surface area contributed by atoms with Gasteiger partial charge in [0.1, 0.15) is 5.82 Å². The first-order valence-electron chi connectivity index (χ1n) is 7.59. The monoisotopic (exact) mass is 358 g/mol. The van der Waals surface area contributed by atoms with Crippen LogP contribution in [0.15, 0.2) is 22.7 Å². The molecule has 0 aromatic heterocycles. The number of nitrogens with one attached hydrogen (secondary N) is 1. The van der Waals surface area contributed by atoms with Gasteiger partial charge in [-0.2, -0.15) is 0 Å². The number of hydrogen-bond acceptors (Lipinski definition) is 3. The summed E-state index contributed by atoms with van der Waals surface area (Å²) in [5, 5.41) is 3.30. The number of morpholine rings is 1. The molecule has 2 unspecified atom stereocenters. The number of nitrogens with zero attached hydrogens (tertiary/aromatic N) is 1. The van der Waals surface area contributed by atoms with E-state index < -0.39 is 0 Å². The van der Waals surface area contributed by atoms with Gasteiger partial charge >= 0.3 is 0 Å². The molecule has 118 valence electrons. The predicted molar refractivity (Wildman–Crippen MR) is 87.1 cm³/mol. The summed E-state index contributed by atoms with van der Waals surface area (Å²) in [6.45, 7) is 5.95. The Labute approximate surface area is 135 Å². The summed E-state index contributed by atoms with van der Waals surface area (Å²) >= 11 is 3.41. The van der Waals surface area contributed by atoms with Crippen LogP contribution in [0.25, 0.3) is 0 Å². The molecule has 0 spiro atoms. The Balaban J connectivity index is 2.03. The molecule has 1 aliphatic heterocycles. The third-order valence-electron chi connectivity index (χ3n) is 3.98. The maximum Gasteiger partial charge on any atom is 0.126 e. The molecule has 5 heteroatoms. The molecule has 1 aliphatic rings. The van der Waals surface area contributed by atoms with Gasteiger partial charge in [0, 0.05) is 23.6 Å². The molecular weight excluding hydrogens is 335 g/mol. The zero-order valence-electron chi connectivity index (χ0n) is 12.7. The molecule has 0 bridgehead atoms. The zero-order valence-corrected chi connectivity index (χ0v) is 14.3. The third-order valence-corrected chi connectivity index (χ3v) is 4.48. The van der Waals surface area contributed by atoms with Gasteiger partial charge in [-0.25, -0.2) is 4.39 Å². The zero-order chi connectivity index (χ0) is 15.2. The maximum absolute atomic E-state index is 13.9. The Bertz CT molecular complexity index is 456. The Morgan fingerprint density at radius 3 is 3.05 bits per heavy atom. The smallest absolute Gasteiger partial charge is 0.126 e. The minimum absolute atomic E-state index is 0.105.